The molecule has 2 bridgehead atoms. The number of esters is 1. The Bertz CT molecular complexity index is 461. The number of carbonyl (C=O) groups excluding carboxylic acids is 1. The molecule has 3 heteroatoms. The van der Waals surface area contributed by atoms with E-state index < -0.39 is 0 Å². The third-order valence-electron chi connectivity index (χ3n) is 6.51. The zero-order valence-electron chi connectivity index (χ0n) is 13.8. The van der Waals surface area contributed by atoms with Crippen LogP contribution in [0.5, 0.6) is 0 Å². The highest BCUT2D eigenvalue weighted by atomic mass is 16.5. The SMILES string of the molecule is CC(=O)OC[C@]12COC3(CCCC3)[C@H](C(C)=C[C@@H]1C)[C@H]2C. The van der Waals surface area contributed by atoms with Crippen LogP contribution in [0.3, 0.4) is 0 Å². The summed E-state index contributed by atoms with van der Waals surface area (Å²) in [6.07, 6.45) is 7.35. The first kappa shape index (κ1) is 15.1. The lowest BCUT2D eigenvalue weighted by atomic mass is 9.53. The van der Waals surface area contributed by atoms with E-state index in [1.165, 1.54) is 38.2 Å². The van der Waals surface area contributed by atoms with E-state index >= 15 is 0 Å². The molecular formula is C18H28O3. The van der Waals surface area contributed by atoms with E-state index in [1.807, 2.05) is 0 Å². The van der Waals surface area contributed by atoms with Gasteiger partial charge >= 0.3 is 5.97 Å². The third-order valence-corrected chi connectivity index (χ3v) is 6.51. The largest absolute Gasteiger partial charge is 0.465 e. The Balaban J connectivity index is 1.95. The van der Waals surface area contributed by atoms with E-state index in [-0.39, 0.29) is 17.0 Å². The maximum atomic E-state index is 11.3. The quantitative estimate of drug-likeness (QED) is 0.574. The van der Waals surface area contributed by atoms with Gasteiger partial charge in [-0.3, -0.25) is 4.79 Å². The van der Waals surface area contributed by atoms with Crippen molar-refractivity contribution in [1.82, 2.24) is 0 Å². The van der Waals surface area contributed by atoms with Gasteiger partial charge in [-0.15, -0.1) is 0 Å². The topological polar surface area (TPSA) is 35.5 Å². The monoisotopic (exact) mass is 292 g/mol. The molecule has 3 rings (SSSR count). The smallest absolute Gasteiger partial charge is 0.302 e. The summed E-state index contributed by atoms with van der Waals surface area (Å²) < 4.78 is 11.9. The molecule has 1 aliphatic heterocycles. The molecule has 0 aromatic carbocycles. The first-order valence-corrected chi connectivity index (χ1v) is 8.37. The Morgan fingerprint density at radius 2 is 2.05 bits per heavy atom. The molecule has 1 spiro atoms. The second-order valence-electron chi connectivity index (χ2n) is 7.54. The molecule has 0 radical (unpaired) electrons. The predicted octanol–water partition coefficient (Wildman–Crippen LogP) is 3.73. The van der Waals surface area contributed by atoms with Crippen LogP contribution in [0, 0.1) is 23.2 Å². The first-order chi connectivity index (χ1) is 9.91. The number of rotatable bonds is 2. The van der Waals surface area contributed by atoms with Crippen molar-refractivity contribution in [3.8, 4) is 0 Å². The molecule has 118 valence electrons. The summed E-state index contributed by atoms with van der Waals surface area (Å²) in [5.41, 5.74) is 1.49. The summed E-state index contributed by atoms with van der Waals surface area (Å²) >= 11 is 0. The van der Waals surface area contributed by atoms with Crippen LogP contribution < -0.4 is 0 Å². The second kappa shape index (κ2) is 5.12. The second-order valence-corrected chi connectivity index (χ2v) is 7.54. The minimum atomic E-state index is -0.187. The lowest BCUT2D eigenvalue weighted by Gasteiger charge is -2.59. The number of ether oxygens (including phenoxy) is 2. The maximum Gasteiger partial charge on any atom is 0.302 e. The average Bonchev–Trinajstić information content (AvgIpc) is 2.86. The highest BCUT2D eigenvalue weighted by Gasteiger charge is 2.60. The van der Waals surface area contributed by atoms with Gasteiger partial charge < -0.3 is 9.47 Å². The lowest BCUT2D eigenvalue weighted by molar-refractivity contribution is -0.217. The molecule has 3 aliphatic rings. The minimum Gasteiger partial charge on any atom is -0.465 e. The molecule has 1 saturated carbocycles. The number of fused-ring (bicyclic) bond motifs is 3. The maximum absolute atomic E-state index is 11.3. The van der Waals surface area contributed by atoms with Crippen LogP contribution in [0.2, 0.25) is 0 Å². The van der Waals surface area contributed by atoms with Crippen LogP contribution >= 0.6 is 0 Å². The van der Waals surface area contributed by atoms with Crippen molar-refractivity contribution in [3.05, 3.63) is 11.6 Å². The van der Waals surface area contributed by atoms with Crippen molar-refractivity contribution >= 4 is 5.97 Å². The van der Waals surface area contributed by atoms with Crippen molar-refractivity contribution in [2.45, 2.75) is 59.0 Å². The number of allylic oxidation sites excluding steroid dienone is 1. The van der Waals surface area contributed by atoms with Gasteiger partial charge in [0.1, 0.15) is 0 Å². The first-order valence-electron chi connectivity index (χ1n) is 8.37. The van der Waals surface area contributed by atoms with Gasteiger partial charge in [0, 0.05) is 18.3 Å². The van der Waals surface area contributed by atoms with Crippen LogP contribution in [-0.4, -0.2) is 24.8 Å². The lowest BCUT2D eigenvalue weighted by Crippen LogP contribution is -2.61. The van der Waals surface area contributed by atoms with E-state index in [2.05, 4.69) is 26.8 Å². The molecule has 2 aliphatic carbocycles. The number of hydrogen-bond acceptors (Lipinski definition) is 3. The molecule has 1 saturated heterocycles. The molecule has 3 nitrogen and oxygen atoms in total. The van der Waals surface area contributed by atoms with Crippen LogP contribution in [0.15, 0.2) is 11.6 Å². The Labute approximate surface area is 128 Å². The van der Waals surface area contributed by atoms with E-state index in [0.29, 0.717) is 24.4 Å². The highest BCUT2D eigenvalue weighted by Crippen LogP contribution is 2.59. The van der Waals surface area contributed by atoms with Crippen LogP contribution in [0.1, 0.15) is 53.4 Å². The summed E-state index contributed by atoms with van der Waals surface area (Å²) in [7, 11) is 0. The summed E-state index contributed by atoms with van der Waals surface area (Å²) in [6, 6.07) is 0. The van der Waals surface area contributed by atoms with E-state index in [4.69, 9.17) is 9.47 Å². The van der Waals surface area contributed by atoms with E-state index in [9.17, 15) is 4.79 Å². The average molecular weight is 292 g/mol. The molecular weight excluding hydrogens is 264 g/mol. The van der Waals surface area contributed by atoms with Gasteiger partial charge in [-0.25, -0.2) is 0 Å². The Morgan fingerprint density at radius 3 is 2.67 bits per heavy atom. The third kappa shape index (κ3) is 2.16. The highest BCUT2D eigenvalue weighted by molar-refractivity contribution is 5.66. The van der Waals surface area contributed by atoms with Gasteiger partial charge in [-0.05, 0) is 31.6 Å². The minimum absolute atomic E-state index is 0.0519. The standard InChI is InChI=1S/C18H28O3/c1-12-9-13(2)17(10-20-15(4)19)11-21-18(7-5-6-8-18)16(12)14(17)3/h9,13-14,16H,5-8,10-11H2,1-4H3/t13-,14+,16+,17-/m0/s1. The van der Waals surface area contributed by atoms with Crippen molar-refractivity contribution in [2.24, 2.45) is 23.2 Å². The Morgan fingerprint density at radius 1 is 1.38 bits per heavy atom. The van der Waals surface area contributed by atoms with Gasteiger partial charge in [0.05, 0.1) is 18.8 Å². The Hall–Kier alpha value is -0.830. The molecule has 0 amide bonds. The van der Waals surface area contributed by atoms with Gasteiger partial charge in [-0.2, -0.15) is 0 Å². The van der Waals surface area contributed by atoms with Gasteiger partial charge in [0.15, 0.2) is 0 Å². The van der Waals surface area contributed by atoms with Gasteiger partial charge in [0.2, 0.25) is 0 Å². The predicted molar refractivity (Wildman–Crippen MR) is 81.8 cm³/mol. The van der Waals surface area contributed by atoms with Gasteiger partial charge in [0.25, 0.3) is 0 Å². The Kier molecular flexibility index (Phi) is 3.67. The summed E-state index contributed by atoms with van der Waals surface area (Å²) in [5, 5.41) is 0. The number of hydrogen-bond donors (Lipinski definition) is 0. The zero-order valence-corrected chi connectivity index (χ0v) is 13.8. The molecule has 0 aromatic rings. The van der Waals surface area contributed by atoms with E-state index in [1.54, 1.807) is 0 Å². The van der Waals surface area contributed by atoms with Crippen molar-refractivity contribution < 1.29 is 14.3 Å². The van der Waals surface area contributed by atoms with E-state index in [0.717, 1.165) is 6.61 Å². The fourth-order valence-corrected chi connectivity index (χ4v) is 5.28. The molecule has 1 heterocycles. The zero-order chi connectivity index (χ0) is 15.3. The van der Waals surface area contributed by atoms with Gasteiger partial charge in [-0.1, -0.05) is 38.3 Å². The fourth-order valence-electron chi connectivity index (χ4n) is 5.28. The molecule has 0 aromatic heterocycles. The molecule has 0 N–H and O–H groups in total. The summed E-state index contributed by atoms with van der Waals surface area (Å²) in [6.45, 7) is 9.57. The molecule has 21 heavy (non-hydrogen) atoms. The summed E-state index contributed by atoms with van der Waals surface area (Å²) in [4.78, 5) is 11.3. The number of carbonyl (C=O) groups is 1. The van der Waals surface area contributed by atoms with Crippen LogP contribution in [0.25, 0.3) is 0 Å². The van der Waals surface area contributed by atoms with Crippen molar-refractivity contribution in [3.63, 3.8) is 0 Å². The molecule has 4 atom stereocenters. The van der Waals surface area contributed by atoms with Crippen molar-refractivity contribution in [2.75, 3.05) is 13.2 Å². The van der Waals surface area contributed by atoms with Crippen LogP contribution in [0.4, 0.5) is 0 Å². The molecule has 2 fully saturated rings. The normalized spacial score (nSPS) is 41.0. The fraction of sp³-hybridized carbons (Fsp3) is 0.833. The van der Waals surface area contributed by atoms with Crippen LogP contribution in [-0.2, 0) is 14.3 Å². The van der Waals surface area contributed by atoms with Crippen molar-refractivity contribution in [1.29, 1.82) is 0 Å². The summed E-state index contributed by atoms with van der Waals surface area (Å²) in [5.74, 6) is 1.19. The molecule has 0 unspecified atom stereocenters.